The highest BCUT2D eigenvalue weighted by Gasteiger charge is 2.32. The number of likely N-dealkylation sites (N-methyl/N-ethyl adjacent to an activating group) is 2. The van der Waals surface area contributed by atoms with Crippen LogP contribution in [-0.4, -0.2) is 55.6 Å². The van der Waals surface area contributed by atoms with Gasteiger partial charge < -0.3 is 10.2 Å². The Kier molecular flexibility index (Phi) is 9.79. The minimum absolute atomic E-state index is 0.0113. The molecule has 0 saturated carbocycles. The summed E-state index contributed by atoms with van der Waals surface area (Å²) in [6.07, 6.45) is 0.216. The van der Waals surface area contributed by atoms with Crippen LogP contribution in [0.25, 0.3) is 0 Å². The van der Waals surface area contributed by atoms with Gasteiger partial charge >= 0.3 is 0 Å². The van der Waals surface area contributed by atoms with E-state index in [1.165, 1.54) is 60.5 Å². The molecule has 7 nitrogen and oxygen atoms in total. The summed E-state index contributed by atoms with van der Waals surface area (Å²) in [5.41, 5.74) is 1.43. The van der Waals surface area contributed by atoms with Crippen molar-refractivity contribution in [3.63, 3.8) is 0 Å². The van der Waals surface area contributed by atoms with Gasteiger partial charge in [-0.25, -0.2) is 12.8 Å². The minimum Gasteiger partial charge on any atom is -0.355 e. The van der Waals surface area contributed by atoms with Crippen LogP contribution in [0.2, 0.25) is 5.02 Å². The lowest BCUT2D eigenvalue weighted by atomic mass is 10.0. The predicted octanol–water partition coefficient (Wildman–Crippen LogP) is 3.88. The molecule has 3 aromatic carbocycles. The zero-order valence-corrected chi connectivity index (χ0v) is 22.2. The molecule has 0 heterocycles. The molecule has 3 aromatic rings. The third-order valence-electron chi connectivity index (χ3n) is 5.77. The molecular formula is C27H29ClFN3O4S. The number of benzene rings is 3. The molecule has 0 spiro atoms. The Morgan fingerprint density at radius 3 is 2.16 bits per heavy atom. The fourth-order valence-electron chi connectivity index (χ4n) is 3.79. The molecule has 2 amide bonds. The van der Waals surface area contributed by atoms with E-state index < -0.39 is 34.3 Å². The highest BCUT2D eigenvalue weighted by atomic mass is 35.5. The van der Waals surface area contributed by atoms with Gasteiger partial charge in [-0.15, -0.1) is 0 Å². The summed E-state index contributed by atoms with van der Waals surface area (Å²) in [6, 6.07) is 19.5. The van der Waals surface area contributed by atoms with Gasteiger partial charge in [-0.05, 0) is 54.4 Å². The van der Waals surface area contributed by atoms with Crippen molar-refractivity contribution in [1.29, 1.82) is 0 Å². The molecule has 0 aromatic heterocycles. The number of rotatable bonds is 11. The Morgan fingerprint density at radius 2 is 1.57 bits per heavy atom. The van der Waals surface area contributed by atoms with E-state index in [9.17, 15) is 22.4 Å². The Bertz CT molecular complexity index is 1300. The van der Waals surface area contributed by atoms with Crippen LogP contribution in [0.5, 0.6) is 0 Å². The number of sulfonamides is 1. The predicted molar refractivity (Wildman–Crippen MR) is 141 cm³/mol. The molecule has 10 heteroatoms. The molecule has 0 aliphatic carbocycles. The SMILES string of the molecule is CCNC(=O)[C@H](Cc1ccccc1)N(Cc1ccc(F)cc1)C(=O)CN(C)S(=O)(=O)c1ccc(Cl)cc1. The summed E-state index contributed by atoms with van der Waals surface area (Å²) in [5, 5.41) is 3.16. The standard InChI is InChI=1S/C27H29ClFN3O4S/c1-3-30-27(34)25(17-20-7-5-4-6-8-20)32(18-21-9-13-23(29)14-10-21)26(33)19-31(2)37(35,36)24-15-11-22(28)12-16-24/h4-16,25H,3,17-19H2,1-2H3,(H,30,34)/t25-/m0/s1. The molecule has 0 aliphatic rings. The normalized spacial score (nSPS) is 12.2. The number of halogens is 2. The Balaban J connectivity index is 1.94. The van der Waals surface area contributed by atoms with Crippen molar-refractivity contribution in [2.24, 2.45) is 0 Å². The van der Waals surface area contributed by atoms with E-state index in [2.05, 4.69) is 5.32 Å². The molecule has 0 aliphatic heterocycles. The van der Waals surface area contributed by atoms with Gasteiger partial charge in [-0.2, -0.15) is 4.31 Å². The van der Waals surface area contributed by atoms with Crippen LogP contribution in [0.15, 0.2) is 83.8 Å². The number of carbonyl (C=O) groups is 2. The first-order chi connectivity index (χ1) is 17.6. The maximum Gasteiger partial charge on any atom is 0.243 e. The van der Waals surface area contributed by atoms with E-state index in [1.807, 2.05) is 30.3 Å². The van der Waals surface area contributed by atoms with Gasteiger partial charge in [0.2, 0.25) is 21.8 Å². The van der Waals surface area contributed by atoms with Crippen LogP contribution in [-0.2, 0) is 32.6 Å². The molecule has 37 heavy (non-hydrogen) atoms. The zero-order chi connectivity index (χ0) is 27.0. The van der Waals surface area contributed by atoms with Crippen molar-refractivity contribution in [1.82, 2.24) is 14.5 Å². The molecule has 0 fully saturated rings. The maximum atomic E-state index is 13.6. The van der Waals surface area contributed by atoms with Gasteiger partial charge in [0, 0.05) is 31.6 Å². The first kappa shape index (κ1) is 28.3. The van der Waals surface area contributed by atoms with Gasteiger partial charge in [0.05, 0.1) is 11.4 Å². The molecule has 1 atom stereocenters. The van der Waals surface area contributed by atoms with E-state index in [1.54, 1.807) is 6.92 Å². The Hall–Kier alpha value is -3.27. The van der Waals surface area contributed by atoms with Crippen LogP contribution >= 0.6 is 11.6 Å². The highest BCUT2D eigenvalue weighted by molar-refractivity contribution is 7.89. The lowest BCUT2D eigenvalue weighted by Crippen LogP contribution is -2.53. The second kappa shape index (κ2) is 12.8. The van der Waals surface area contributed by atoms with Crippen LogP contribution in [0.4, 0.5) is 4.39 Å². The first-order valence-electron chi connectivity index (χ1n) is 11.7. The smallest absolute Gasteiger partial charge is 0.243 e. The average Bonchev–Trinajstić information content (AvgIpc) is 2.88. The van der Waals surface area contributed by atoms with Gasteiger partial charge in [0.1, 0.15) is 11.9 Å². The molecule has 0 saturated heterocycles. The van der Waals surface area contributed by atoms with E-state index in [0.717, 1.165) is 9.87 Å². The third kappa shape index (κ3) is 7.61. The van der Waals surface area contributed by atoms with Gasteiger partial charge in [-0.1, -0.05) is 54.1 Å². The minimum atomic E-state index is -4.00. The van der Waals surface area contributed by atoms with Crippen LogP contribution in [0.1, 0.15) is 18.1 Å². The van der Waals surface area contributed by atoms with Crippen LogP contribution < -0.4 is 5.32 Å². The third-order valence-corrected chi connectivity index (χ3v) is 7.84. The van der Waals surface area contributed by atoms with Gasteiger partial charge in [0.15, 0.2) is 0 Å². The van der Waals surface area contributed by atoms with Crippen molar-refractivity contribution in [2.75, 3.05) is 20.1 Å². The van der Waals surface area contributed by atoms with Crippen LogP contribution in [0.3, 0.4) is 0 Å². The Morgan fingerprint density at radius 1 is 0.946 bits per heavy atom. The van der Waals surface area contributed by atoms with Gasteiger partial charge in [0.25, 0.3) is 0 Å². The van der Waals surface area contributed by atoms with Crippen LogP contribution in [0, 0.1) is 5.82 Å². The molecule has 0 radical (unpaired) electrons. The lowest BCUT2D eigenvalue weighted by molar-refractivity contribution is -0.141. The molecular weight excluding hydrogens is 517 g/mol. The van der Waals surface area contributed by atoms with Crippen molar-refractivity contribution >= 4 is 33.4 Å². The zero-order valence-electron chi connectivity index (χ0n) is 20.6. The number of hydrogen-bond acceptors (Lipinski definition) is 4. The summed E-state index contributed by atoms with van der Waals surface area (Å²) >= 11 is 5.88. The quantitative estimate of drug-likeness (QED) is 0.396. The maximum absolute atomic E-state index is 13.6. The van der Waals surface area contributed by atoms with Gasteiger partial charge in [-0.3, -0.25) is 9.59 Å². The molecule has 3 rings (SSSR count). The second-order valence-corrected chi connectivity index (χ2v) is 10.9. The van der Waals surface area contributed by atoms with Crippen molar-refractivity contribution in [2.45, 2.75) is 30.8 Å². The van der Waals surface area contributed by atoms with E-state index in [4.69, 9.17) is 11.6 Å². The number of hydrogen-bond donors (Lipinski definition) is 1. The van der Waals surface area contributed by atoms with Crippen molar-refractivity contribution < 1.29 is 22.4 Å². The number of carbonyl (C=O) groups excluding carboxylic acids is 2. The highest BCUT2D eigenvalue weighted by Crippen LogP contribution is 2.20. The summed E-state index contributed by atoms with van der Waals surface area (Å²) < 4.78 is 40.6. The molecule has 1 N–H and O–H groups in total. The van der Waals surface area contributed by atoms with E-state index >= 15 is 0 Å². The summed E-state index contributed by atoms with van der Waals surface area (Å²) in [7, 11) is -2.70. The fourth-order valence-corrected chi connectivity index (χ4v) is 5.03. The monoisotopic (exact) mass is 545 g/mol. The molecule has 196 valence electrons. The number of amides is 2. The van der Waals surface area contributed by atoms with Crippen molar-refractivity contribution in [3.8, 4) is 0 Å². The second-order valence-electron chi connectivity index (χ2n) is 8.46. The molecule has 0 unspecified atom stereocenters. The lowest BCUT2D eigenvalue weighted by Gasteiger charge is -2.32. The summed E-state index contributed by atoms with van der Waals surface area (Å²) in [6.45, 7) is 1.61. The molecule has 0 bridgehead atoms. The summed E-state index contributed by atoms with van der Waals surface area (Å²) in [4.78, 5) is 28.1. The Labute approximate surface area is 221 Å². The number of nitrogens with one attached hydrogen (secondary N) is 1. The first-order valence-corrected chi connectivity index (χ1v) is 13.5. The fraction of sp³-hybridized carbons (Fsp3) is 0.259. The van der Waals surface area contributed by atoms with Crippen molar-refractivity contribution in [3.05, 3.63) is 101 Å². The van der Waals surface area contributed by atoms with E-state index in [0.29, 0.717) is 17.1 Å². The van der Waals surface area contributed by atoms with E-state index in [-0.39, 0.29) is 23.8 Å². The topological polar surface area (TPSA) is 86.8 Å². The summed E-state index contributed by atoms with van der Waals surface area (Å²) in [5.74, 6) is -1.37. The number of nitrogens with zero attached hydrogens (tertiary/aromatic N) is 2. The largest absolute Gasteiger partial charge is 0.355 e. The average molecular weight is 546 g/mol.